The van der Waals surface area contributed by atoms with Crippen LogP contribution in [0.3, 0.4) is 0 Å². The Morgan fingerprint density at radius 3 is 2.39 bits per heavy atom. The minimum Gasteiger partial charge on any atom is -0.497 e. The summed E-state index contributed by atoms with van der Waals surface area (Å²) in [6, 6.07) is 12.1. The Hall–Kier alpha value is -2.93. The number of hydrogen-bond donors (Lipinski definition) is 1. The van der Waals surface area contributed by atoms with E-state index < -0.39 is 17.8 Å². The van der Waals surface area contributed by atoms with Crippen molar-refractivity contribution in [3.05, 3.63) is 65.0 Å². The van der Waals surface area contributed by atoms with Gasteiger partial charge in [0.2, 0.25) is 5.91 Å². The molecule has 0 aromatic heterocycles. The number of nitrogens with one attached hydrogen (secondary N) is 1. The average molecular weight is 496 g/mol. The lowest BCUT2D eigenvalue weighted by Crippen LogP contribution is -2.54. The van der Waals surface area contributed by atoms with Gasteiger partial charge in [0.1, 0.15) is 17.6 Å². The third-order valence-electron chi connectivity index (χ3n) is 7.99. The SMILES string of the molecule is COc1ccc(C2CN(C)CC23CCN(C(=O)C(NC(=O)c2cc(C)ccc2F)C(C)C)CC3)cc1. The Balaban J connectivity index is 1.46. The number of likely N-dealkylation sites (tertiary alicyclic amines) is 2. The molecule has 0 radical (unpaired) electrons. The van der Waals surface area contributed by atoms with Gasteiger partial charge in [0.05, 0.1) is 12.7 Å². The number of halogens is 1. The zero-order valence-electron chi connectivity index (χ0n) is 22.0. The number of hydrogen-bond acceptors (Lipinski definition) is 4. The Bertz CT molecular complexity index is 1090. The van der Waals surface area contributed by atoms with Crippen molar-refractivity contribution < 1.29 is 18.7 Å². The van der Waals surface area contributed by atoms with Crippen molar-refractivity contribution in [2.75, 3.05) is 40.3 Å². The predicted octanol–water partition coefficient (Wildman–Crippen LogP) is 4.24. The Labute approximate surface area is 213 Å². The third kappa shape index (κ3) is 5.26. The normalized spacial score (nSPS) is 20.5. The number of amides is 2. The molecule has 36 heavy (non-hydrogen) atoms. The van der Waals surface area contributed by atoms with Crippen molar-refractivity contribution in [1.29, 1.82) is 0 Å². The lowest BCUT2D eigenvalue weighted by molar-refractivity contribution is -0.136. The molecule has 2 atom stereocenters. The summed E-state index contributed by atoms with van der Waals surface area (Å²) in [5.41, 5.74) is 2.19. The maximum absolute atomic E-state index is 14.3. The first kappa shape index (κ1) is 26.1. The fourth-order valence-corrected chi connectivity index (χ4v) is 5.93. The zero-order chi connectivity index (χ0) is 26.0. The van der Waals surface area contributed by atoms with E-state index in [2.05, 4.69) is 29.4 Å². The van der Waals surface area contributed by atoms with Gasteiger partial charge in [0.25, 0.3) is 5.91 Å². The Morgan fingerprint density at radius 2 is 1.78 bits per heavy atom. The highest BCUT2D eigenvalue weighted by atomic mass is 19.1. The van der Waals surface area contributed by atoms with Crippen LogP contribution in [0.15, 0.2) is 42.5 Å². The van der Waals surface area contributed by atoms with E-state index in [9.17, 15) is 14.0 Å². The topological polar surface area (TPSA) is 61.9 Å². The van der Waals surface area contributed by atoms with Crippen LogP contribution in [0.4, 0.5) is 4.39 Å². The van der Waals surface area contributed by atoms with E-state index in [4.69, 9.17) is 4.74 Å². The molecule has 0 saturated carbocycles. The number of likely N-dealkylation sites (N-methyl/N-ethyl adjacent to an activating group) is 1. The molecule has 0 aliphatic carbocycles. The molecule has 2 aromatic rings. The first-order chi connectivity index (χ1) is 17.1. The summed E-state index contributed by atoms with van der Waals surface area (Å²) in [6.07, 6.45) is 1.82. The van der Waals surface area contributed by atoms with Gasteiger partial charge in [-0.3, -0.25) is 9.59 Å². The van der Waals surface area contributed by atoms with Crippen LogP contribution in [-0.2, 0) is 4.79 Å². The van der Waals surface area contributed by atoms with Gasteiger partial charge in [0, 0.05) is 32.1 Å². The summed E-state index contributed by atoms with van der Waals surface area (Å²) in [6.45, 7) is 8.92. The zero-order valence-corrected chi connectivity index (χ0v) is 22.0. The molecular weight excluding hydrogens is 457 g/mol. The van der Waals surface area contributed by atoms with Gasteiger partial charge in [-0.05, 0) is 68.0 Å². The van der Waals surface area contributed by atoms with Crippen molar-refractivity contribution in [3.8, 4) is 5.75 Å². The fourth-order valence-electron chi connectivity index (χ4n) is 5.93. The standard InChI is InChI=1S/C29H38FN3O3/c1-19(2)26(31-27(34)23-16-20(3)6-11-25(23)30)28(35)33-14-12-29(13-15-33)18-32(4)17-24(29)21-7-9-22(36-5)10-8-21/h6-11,16,19,24,26H,12-15,17-18H2,1-5H3,(H,31,34). The number of piperidine rings is 1. The third-order valence-corrected chi connectivity index (χ3v) is 7.99. The van der Waals surface area contributed by atoms with Gasteiger partial charge in [-0.15, -0.1) is 0 Å². The van der Waals surface area contributed by atoms with E-state index in [-0.39, 0.29) is 22.8 Å². The molecule has 0 bridgehead atoms. The number of carbonyl (C=O) groups is 2. The number of rotatable bonds is 6. The molecular formula is C29H38FN3O3. The van der Waals surface area contributed by atoms with Crippen molar-refractivity contribution in [1.82, 2.24) is 15.1 Å². The quantitative estimate of drug-likeness (QED) is 0.652. The number of ether oxygens (including phenoxy) is 1. The van der Waals surface area contributed by atoms with Gasteiger partial charge in [0.15, 0.2) is 0 Å². The summed E-state index contributed by atoms with van der Waals surface area (Å²) >= 11 is 0. The first-order valence-corrected chi connectivity index (χ1v) is 12.8. The van der Waals surface area contributed by atoms with Crippen LogP contribution in [0, 0.1) is 24.1 Å². The van der Waals surface area contributed by atoms with Crippen LogP contribution >= 0.6 is 0 Å². The second-order valence-electron chi connectivity index (χ2n) is 10.9. The van der Waals surface area contributed by atoms with Crippen molar-refractivity contribution in [3.63, 3.8) is 0 Å². The van der Waals surface area contributed by atoms with Gasteiger partial charge in [-0.25, -0.2) is 4.39 Å². The minimum atomic E-state index is -0.699. The molecule has 2 aliphatic rings. The first-order valence-electron chi connectivity index (χ1n) is 12.8. The van der Waals surface area contributed by atoms with Crippen molar-refractivity contribution in [2.24, 2.45) is 11.3 Å². The van der Waals surface area contributed by atoms with Crippen LogP contribution in [0.5, 0.6) is 5.75 Å². The van der Waals surface area contributed by atoms with Gasteiger partial charge < -0.3 is 19.9 Å². The lowest BCUT2D eigenvalue weighted by atomic mass is 9.68. The molecule has 6 nitrogen and oxygen atoms in total. The van der Waals surface area contributed by atoms with E-state index in [0.717, 1.165) is 37.2 Å². The highest BCUT2D eigenvalue weighted by Crippen LogP contribution is 2.49. The highest BCUT2D eigenvalue weighted by molar-refractivity contribution is 5.98. The molecule has 4 rings (SSSR count). The minimum absolute atomic E-state index is 0.0256. The maximum Gasteiger partial charge on any atom is 0.254 e. The van der Waals surface area contributed by atoms with E-state index in [1.165, 1.54) is 17.7 Å². The van der Waals surface area contributed by atoms with E-state index in [1.54, 1.807) is 13.2 Å². The van der Waals surface area contributed by atoms with Crippen molar-refractivity contribution in [2.45, 2.75) is 45.6 Å². The molecule has 194 valence electrons. The number of benzene rings is 2. The molecule has 2 aliphatic heterocycles. The van der Waals surface area contributed by atoms with Crippen LogP contribution in [-0.4, -0.2) is 68.0 Å². The monoisotopic (exact) mass is 495 g/mol. The molecule has 2 unspecified atom stereocenters. The molecule has 7 heteroatoms. The van der Waals surface area contributed by atoms with E-state index in [1.807, 2.05) is 37.8 Å². The number of aryl methyl sites for hydroxylation is 1. The Morgan fingerprint density at radius 1 is 1.11 bits per heavy atom. The summed E-state index contributed by atoms with van der Waals surface area (Å²) in [5, 5.41) is 2.82. The maximum atomic E-state index is 14.3. The fraction of sp³-hybridized carbons (Fsp3) is 0.517. The average Bonchev–Trinajstić information content (AvgIpc) is 3.18. The molecule has 1 spiro atoms. The molecule has 2 heterocycles. The van der Waals surface area contributed by atoms with Crippen LogP contribution in [0.1, 0.15) is 54.1 Å². The van der Waals surface area contributed by atoms with Gasteiger partial charge in [-0.2, -0.15) is 0 Å². The largest absolute Gasteiger partial charge is 0.497 e. The van der Waals surface area contributed by atoms with Crippen LogP contribution in [0.25, 0.3) is 0 Å². The van der Waals surface area contributed by atoms with Gasteiger partial charge >= 0.3 is 0 Å². The van der Waals surface area contributed by atoms with Gasteiger partial charge in [-0.1, -0.05) is 37.6 Å². The molecule has 2 fully saturated rings. The van der Waals surface area contributed by atoms with Crippen LogP contribution in [0.2, 0.25) is 0 Å². The molecule has 2 amide bonds. The number of methoxy groups -OCH3 is 1. The van der Waals surface area contributed by atoms with E-state index in [0.29, 0.717) is 19.0 Å². The molecule has 1 N–H and O–H groups in total. The second-order valence-corrected chi connectivity index (χ2v) is 10.9. The molecule has 2 saturated heterocycles. The summed E-state index contributed by atoms with van der Waals surface area (Å²) < 4.78 is 19.6. The summed E-state index contributed by atoms with van der Waals surface area (Å²) in [4.78, 5) is 30.7. The summed E-state index contributed by atoms with van der Waals surface area (Å²) in [5.74, 6) is -0.0810. The lowest BCUT2D eigenvalue weighted by Gasteiger charge is -2.44. The highest BCUT2D eigenvalue weighted by Gasteiger charge is 2.48. The second kappa shape index (κ2) is 10.6. The summed E-state index contributed by atoms with van der Waals surface area (Å²) in [7, 11) is 3.84. The number of carbonyl (C=O) groups excluding carboxylic acids is 2. The Kier molecular flexibility index (Phi) is 7.69. The predicted molar refractivity (Wildman–Crippen MR) is 139 cm³/mol. The smallest absolute Gasteiger partial charge is 0.254 e. The molecule has 2 aromatic carbocycles. The number of nitrogens with zero attached hydrogens (tertiary/aromatic N) is 2. The van der Waals surface area contributed by atoms with E-state index >= 15 is 0 Å². The van der Waals surface area contributed by atoms with Crippen molar-refractivity contribution >= 4 is 11.8 Å². The van der Waals surface area contributed by atoms with Crippen LogP contribution < -0.4 is 10.1 Å².